The number of nitrogens with zero attached hydrogens (tertiary/aromatic N) is 1. The summed E-state index contributed by atoms with van der Waals surface area (Å²) in [5.74, 6) is -0.250. The summed E-state index contributed by atoms with van der Waals surface area (Å²) in [6.45, 7) is 2.52. The number of fused-ring (bicyclic) bond motifs is 2. The lowest BCUT2D eigenvalue weighted by Gasteiger charge is -2.05. The third-order valence-electron chi connectivity index (χ3n) is 4.47. The summed E-state index contributed by atoms with van der Waals surface area (Å²) in [5, 5.41) is 0.907. The van der Waals surface area contributed by atoms with Crippen molar-refractivity contribution in [3.63, 3.8) is 0 Å². The highest BCUT2D eigenvalue weighted by Gasteiger charge is 2.18. The Kier molecular flexibility index (Phi) is 4.08. The van der Waals surface area contributed by atoms with Crippen molar-refractivity contribution < 1.29 is 13.9 Å². The van der Waals surface area contributed by atoms with E-state index in [9.17, 15) is 9.59 Å². The first-order valence-electron chi connectivity index (χ1n) is 8.48. The number of hydrogen-bond acceptors (Lipinski definition) is 4. The Morgan fingerprint density at radius 2 is 1.92 bits per heavy atom. The van der Waals surface area contributed by atoms with E-state index < -0.39 is 5.97 Å². The molecule has 0 unspecified atom stereocenters. The molecule has 132 valence electrons. The van der Waals surface area contributed by atoms with Crippen molar-refractivity contribution in [1.82, 2.24) is 9.55 Å². The topological polar surface area (TPSA) is 77.2 Å². The molecule has 2 heterocycles. The second-order valence-corrected chi connectivity index (χ2v) is 6.14. The molecule has 0 aliphatic heterocycles. The van der Waals surface area contributed by atoms with E-state index in [1.165, 1.54) is 0 Å². The number of aryl methyl sites for hydroxylation is 2. The third kappa shape index (κ3) is 2.79. The largest absolute Gasteiger partial charge is 0.460 e. The molecule has 0 amide bonds. The Labute approximate surface area is 149 Å². The lowest BCUT2D eigenvalue weighted by Crippen LogP contribution is -2.18. The molecule has 2 aromatic carbocycles. The molecule has 0 spiro atoms. The number of aromatic amines is 1. The monoisotopic (exact) mass is 350 g/mol. The number of nitrogens with one attached hydrogen (secondary N) is 1. The van der Waals surface area contributed by atoms with Gasteiger partial charge in [0, 0.05) is 17.5 Å². The Balaban J connectivity index is 1.41. The molecule has 2 aromatic heterocycles. The van der Waals surface area contributed by atoms with E-state index >= 15 is 0 Å². The van der Waals surface area contributed by atoms with E-state index in [0.29, 0.717) is 18.5 Å². The number of hydrogen-bond donors (Lipinski definition) is 1. The van der Waals surface area contributed by atoms with Crippen molar-refractivity contribution in [1.29, 1.82) is 0 Å². The molecule has 1 N–H and O–H groups in total. The Morgan fingerprint density at radius 1 is 1.15 bits per heavy atom. The fourth-order valence-electron chi connectivity index (χ4n) is 3.15. The maximum absolute atomic E-state index is 12.3. The van der Waals surface area contributed by atoms with Crippen LogP contribution in [0.15, 0.2) is 57.7 Å². The van der Waals surface area contributed by atoms with Gasteiger partial charge in [-0.05, 0) is 31.5 Å². The minimum Gasteiger partial charge on any atom is -0.460 e. The van der Waals surface area contributed by atoms with Gasteiger partial charge in [0.2, 0.25) is 5.76 Å². The van der Waals surface area contributed by atoms with Crippen molar-refractivity contribution in [2.75, 3.05) is 6.61 Å². The molecule has 0 radical (unpaired) electrons. The van der Waals surface area contributed by atoms with Gasteiger partial charge in [0.15, 0.2) is 0 Å². The molecule has 6 nitrogen and oxygen atoms in total. The highest BCUT2D eigenvalue weighted by Crippen LogP contribution is 2.25. The van der Waals surface area contributed by atoms with Crippen LogP contribution in [-0.4, -0.2) is 22.1 Å². The fourth-order valence-corrected chi connectivity index (χ4v) is 3.15. The standard InChI is InChI=1S/C20H18N2O4/c1-13-14-7-2-5-10-17(14)26-18(13)19(23)25-12-6-11-22-16-9-4-3-8-15(16)21-20(22)24/h2-5,7-10H,6,11-12H2,1H3,(H,21,24). The number of H-pyrrole nitrogens is 1. The number of carbonyl (C=O) groups excluding carboxylic acids is 1. The predicted molar refractivity (Wildman–Crippen MR) is 98.4 cm³/mol. The molecule has 4 aromatic rings. The molecule has 0 aliphatic rings. The number of carbonyl (C=O) groups is 1. The first kappa shape index (κ1) is 16.2. The van der Waals surface area contributed by atoms with Gasteiger partial charge in [-0.15, -0.1) is 0 Å². The minimum atomic E-state index is -0.482. The Morgan fingerprint density at radius 3 is 2.77 bits per heavy atom. The minimum absolute atomic E-state index is 0.161. The van der Waals surface area contributed by atoms with Gasteiger partial charge in [-0.3, -0.25) is 4.57 Å². The molecule has 0 atom stereocenters. The van der Waals surface area contributed by atoms with Crippen LogP contribution in [0.3, 0.4) is 0 Å². The van der Waals surface area contributed by atoms with Gasteiger partial charge in [0.1, 0.15) is 5.58 Å². The summed E-state index contributed by atoms with van der Waals surface area (Å²) in [6, 6.07) is 15.0. The maximum Gasteiger partial charge on any atom is 0.374 e. The summed E-state index contributed by atoms with van der Waals surface area (Å²) in [6.07, 6.45) is 0.534. The molecule has 0 fully saturated rings. The summed E-state index contributed by atoms with van der Waals surface area (Å²) >= 11 is 0. The number of para-hydroxylation sites is 3. The highest BCUT2D eigenvalue weighted by atomic mass is 16.5. The second-order valence-electron chi connectivity index (χ2n) is 6.14. The van der Waals surface area contributed by atoms with Gasteiger partial charge in [0.05, 0.1) is 17.6 Å². The first-order valence-corrected chi connectivity index (χ1v) is 8.48. The van der Waals surface area contributed by atoms with Crippen LogP contribution < -0.4 is 5.69 Å². The average molecular weight is 350 g/mol. The van der Waals surface area contributed by atoms with Crippen molar-refractivity contribution >= 4 is 28.0 Å². The van der Waals surface area contributed by atoms with Crippen LogP contribution in [0.4, 0.5) is 0 Å². The summed E-state index contributed by atoms with van der Waals surface area (Å²) in [7, 11) is 0. The van der Waals surface area contributed by atoms with Crippen molar-refractivity contribution in [2.24, 2.45) is 0 Å². The molecule has 0 bridgehead atoms. The Hall–Kier alpha value is -3.28. The van der Waals surface area contributed by atoms with E-state index in [1.54, 1.807) is 4.57 Å². The number of esters is 1. The lowest BCUT2D eigenvalue weighted by molar-refractivity contribution is 0.0461. The van der Waals surface area contributed by atoms with E-state index in [2.05, 4.69) is 4.98 Å². The van der Waals surface area contributed by atoms with Crippen LogP contribution in [0.5, 0.6) is 0 Å². The zero-order valence-electron chi connectivity index (χ0n) is 14.3. The van der Waals surface area contributed by atoms with Crippen LogP contribution in [0, 0.1) is 6.92 Å². The van der Waals surface area contributed by atoms with Crippen LogP contribution in [0.25, 0.3) is 22.0 Å². The number of benzene rings is 2. The molecule has 4 rings (SSSR count). The normalized spacial score (nSPS) is 11.3. The van der Waals surface area contributed by atoms with Gasteiger partial charge in [-0.2, -0.15) is 0 Å². The van der Waals surface area contributed by atoms with E-state index in [-0.39, 0.29) is 18.1 Å². The van der Waals surface area contributed by atoms with Crippen molar-refractivity contribution in [3.8, 4) is 0 Å². The summed E-state index contributed by atoms with van der Waals surface area (Å²) in [5.41, 5.74) is 2.93. The molecule has 0 saturated carbocycles. The molecule has 6 heteroatoms. The number of ether oxygens (including phenoxy) is 1. The van der Waals surface area contributed by atoms with Gasteiger partial charge in [-0.1, -0.05) is 30.3 Å². The SMILES string of the molecule is Cc1c(C(=O)OCCCn2c(=O)[nH]c3ccccc32)oc2ccccc12. The molecule has 26 heavy (non-hydrogen) atoms. The van der Waals surface area contributed by atoms with Gasteiger partial charge in [0.25, 0.3) is 0 Å². The second kappa shape index (κ2) is 6.55. The predicted octanol–water partition coefficient (Wildman–Crippen LogP) is 3.63. The van der Waals surface area contributed by atoms with Crippen LogP contribution >= 0.6 is 0 Å². The number of rotatable bonds is 5. The number of imidazole rings is 1. The van der Waals surface area contributed by atoms with Crippen LogP contribution in [0.1, 0.15) is 22.5 Å². The molecule has 0 aliphatic carbocycles. The van der Waals surface area contributed by atoms with Crippen LogP contribution in [-0.2, 0) is 11.3 Å². The van der Waals surface area contributed by atoms with E-state index in [0.717, 1.165) is 22.0 Å². The van der Waals surface area contributed by atoms with Crippen LogP contribution in [0.2, 0.25) is 0 Å². The molecular weight excluding hydrogens is 332 g/mol. The zero-order chi connectivity index (χ0) is 18.1. The average Bonchev–Trinajstić information content (AvgIpc) is 3.16. The third-order valence-corrected chi connectivity index (χ3v) is 4.47. The summed E-state index contributed by atoms with van der Waals surface area (Å²) in [4.78, 5) is 27.1. The molecule has 0 saturated heterocycles. The van der Waals surface area contributed by atoms with Gasteiger partial charge in [-0.25, -0.2) is 9.59 Å². The Bertz CT molecular complexity index is 1150. The zero-order valence-corrected chi connectivity index (χ0v) is 14.3. The molecular formula is C20H18N2O4. The maximum atomic E-state index is 12.3. The highest BCUT2D eigenvalue weighted by molar-refractivity contribution is 5.95. The van der Waals surface area contributed by atoms with Gasteiger partial charge < -0.3 is 14.1 Å². The van der Waals surface area contributed by atoms with Gasteiger partial charge >= 0.3 is 11.7 Å². The lowest BCUT2D eigenvalue weighted by atomic mass is 10.1. The van der Waals surface area contributed by atoms with E-state index in [1.807, 2.05) is 55.5 Å². The fraction of sp³-hybridized carbons (Fsp3) is 0.200. The number of aromatic nitrogens is 2. The van der Waals surface area contributed by atoms with Crippen molar-refractivity contribution in [3.05, 3.63) is 70.3 Å². The first-order chi connectivity index (χ1) is 12.6. The number of furan rings is 1. The summed E-state index contributed by atoms with van der Waals surface area (Å²) < 4.78 is 12.6. The quantitative estimate of drug-likeness (QED) is 0.440. The smallest absolute Gasteiger partial charge is 0.374 e. The van der Waals surface area contributed by atoms with E-state index in [4.69, 9.17) is 9.15 Å². The van der Waals surface area contributed by atoms with Crippen molar-refractivity contribution in [2.45, 2.75) is 19.9 Å².